The lowest BCUT2D eigenvalue weighted by Crippen LogP contribution is -1.98. The highest BCUT2D eigenvalue weighted by molar-refractivity contribution is 5.23. The summed E-state index contributed by atoms with van der Waals surface area (Å²) in [5, 5.41) is 10.4. The van der Waals surface area contributed by atoms with Crippen LogP contribution < -0.4 is 0 Å². The molecule has 0 aromatic rings. The monoisotopic (exact) mass is 165 g/mol. The van der Waals surface area contributed by atoms with Crippen molar-refractivity contribution < 1.29 is 4.92 Å². The molecule has 12 heavy (non-hydrogen) atoms. The van der Waals surface area contributed by atoms with Crippen LogP contribution in [0.1, 0.15) is 13.3 Å². The molecule has 0 saturated heterocycles. The van der Waals surface area contributed by atoms with E-state index in [9.17, 15) is 10.1 Å². The maximum Gasteiger partial charge on any atom is 0.266 e. The van der Waals surface area contributed by atoms with Crippen LogP contribution >= 0.6 is 0 Å². The summed E-state index contributed by atoms with van der Waals surface area (Å²) in [4.78, 5) is 10.1. The molecule has 0 fully saturated rings. The Morgan fingerprint density at radius 1 is 1.58 bits per heavy atom. The molecule has 3 heteroatoms. The summed E-state index contributed by atoms with van der Waals surface area (Å²) in [6.45, 7) is 2.01. The van der Waals surface area contributed by atoms with Gasteiger partial charge in [0.05, 0.1) is 4.92 Å². The van der Waals surface area contributed by atoms with Gasteiger partial charge in [0.2, 0.25) is 0 Å². The number of hydrogen-bond donors (Lipinski definition) is 0. The number of nitrogens with zero attached hydrogens (tertiary/aromatic N) is 1. The van der Waals surface area contributed by atoms with Gasteiger partial charge in [0, 0.05) is 18.1 Å². The van der Waals surface area contributed by atoms with Crippen LogP contribution in [0.4, 0.5) is 0 Å². The lowest BCUT2D eigenvalue weighted by atomic mass is 10.1. The largest absolute Gasteiger partial charge is 0.266 e. The van der Waals surface area contributed by atoms with E-state index in [4.69, 9.17) is 0 Å². The molecule has 3 nitrogen and oxygen atoms in total. The molecule has 64 valence electrons. The van der Waals surface area contributed by atoms with Gasteiger partial charge < -0.3 is 0 Å². The molecule has 1 unspecified atom stereocenters. The number of rotatable bonds is 2. The van der Waals surface area contributed by atoms with Gasteiger partial charge in [0.1, 0.15) is 0 Å². The lowest BCUT2D eigenvalue weighted by molar-refractivity contribution is -0.419. The summed E-state index contributed by atoms with van der Waals surface area (Å²) < 4.78 is 0. The summed E-state index contributed by atoms with van der Waals surface area (Å²) in [6, 6.07) is 0. The zero-order valence-electron chi connectivity index (χ0n) is 6.93. The summed E-state index contributed by atoms with van der Waals surface area (Å²) in [5.41, 5.74) is 0.187. The Morgan fingerprint density at radius 2 is 2.33 bits per heavy atom. The van der Waals surface area contributed by atoms with Crippen molar-refractivity contribution in [1.82, 2.24) is 0 Å². The Hall–Kier alpha value is -1.38. The SMILES string of the molecule is CCC1C=CC=CC([N+](=O)[O-])=C1. The number of hydrogen-bond acceptors (Lipinski definition) is 2. The van der Waals surface area contributed by atoms with Crippen molar-refractivity contribution in [1.29, 1.82) is 0 Å². The van der Waals surface area contributed by atoms with Crippen LogP contribution in [0.2, 0.25) is 0 Å². The van der Waals surface area contributed by atoms with Crippen molar-refractivity contribution in [2.45, 2.75) is 13.3 Å². The third kappa shape index (κ3) is 2.05. The van der Waals surface area contributed by atoms with Gasteiger partial charge in [-0.05, 0) is 6.42 Å². The first-order valence-electron chi connectivity index (χ1n) is 3.95. The Morgan fingerprint density at radius 3 is 2.92 bits per heavy atom. The molecular weight excluding hydrogens is 154 g/mol. The van der Waals surface area contributed by atoms with Crippen LogP contribution in [0.5, 0.6) is 0 Å². The molecule has 0 heterocycles. The molecule has 0 saturated carbocycles. The van der Waals surface area contributed by atoms with E-state index >= 15 is 0 Å². The van der Waals surface area contributed by atoms with Gasteiger partial charge in [-0.2, -0.15) is 0 Å². The predicted molar refractivity (Wildman–Crippen MR) is 47.1 cm³/mol. The Labute approximate surface area is 71.2 Å². The van der Waals surface area contributed by atoms with E-state index in [1.165, 1.54) is 6.08 Å². The van der Waals surface area contributed by atoms with Crippen LogP contribution in [-0.4, -0.2) is 4.92 Å². The Bertz CT molecular complexity index is 264. The summed E-state index contributed by atoms with van der Waals surface area (Å²) in [5.74, 6) is 0.195. The fourth-order valence-electron chi connectivity index (χ4n) is 1.07. The second-order valence-corrected chi connectivity index (χ2v) is 2.66. The molecule has 0 amide bonds. The van der Waals surface area contributed by atoms with Gasteiger partial charge in [0.25, 0.3) is 5.70 Å². The van der Waals surface area contributed by atoms with Crippen LogP contribution in [0, 0.1) is 16.0 Å². The zero-order valence-corrected chi connectivity index (χ0v) is 6.93. The van der Waals surface area contributed by atoms with Gasteiger partial charge in [-0.25, -0.2) is 0 Å². The summed E-state index contributed by atoms with van der Waals surface area (Å²) >= 11 is 0. The first-order valence-corrected chi connectivity index (χ1v) is 3.95. The molecule has 0 bridgehead atoms. The molecule has 0 radical (unpaired) electrons. The predicted octanol–water partition coefficient (Wildman–Crippen LogP) is 2.30. The van der Waals surface area contributed by atoms with Crippen LogP contribution in [0.3, 0.4) is 0 Å². The molecule has 0 aromatic heterocycles. The second-order valence-electron chi connectivity index (χ2n) is 2.66. The van der Waals surface area contributed by atoms with Gasteiger partial charge in [-0.1, -0.05) is 25.2 Å². The normalized spacial score (nSPS) is 21.8. The maximum absolute atomic E-state index is 10.4. The van der Waals surface area contributed by atoms with Crippen molar-refractivity contribution in [2.75, 3.05) is 0 Å². The molecule has 0 aromatic carbocycles. The van der Waals surface area contributed by atoms with Crippen molar-refractivity contribution in [3.05, 3.63) is 46.2 Å². The standard InChI is InChI=1S/C9H11NO2/c1-2-8-5-3-4-6-9(7-8)10(11)12/h3-8H,2H2,1H3. The number of allylic oxidation sites excluding steroid dienone is 5. The molecule has 0 N–H and O–H groups in total. The second kappa shape index (κ2) is 3.85. The molecule has 1 rings (SSSR count). The smallest absolute Gasteiger partial charge is 0.258 e. The molecular formula is C9H11NO2. The van der Waals surface area contributed by atoms with Crippen molar-refractivity contribution in [2.24, 2.45) is 5.92 Å². The van der Waals surface area contributed by atoms with E-state index in [1.807, 2.05) is 19.1 Å². The Kier molecular flexibility index (Phi) is 2.80. The molecule has 0 spiro atoms. The van der Waals surface area contributed by atoms with Crippen LogP contribution in [0.15, 0.2) is 36.1 Å². The summed E-state index contributed by atoms with van der Waals surface area (Å²) in [6.07, 6.45) is 9.61. The quantitative estimate of drug-likeness (QED) is 0.465. The minimum atomic E-state index is -0.355. The van der Waals surface area contributed by atoms with Crippen molar-refractivity contribution in [3.63, 3.8) is 0 Å². The summed E-state index contributed by atoms with van der Waals surface area (Å²) in [7, 11) is 0. The highest BCUT2D eigenvalue weighted by Crippen LogP contribution is 2.14. The first-order chi connectivity index (χ1) is 5.74. The third-order valence-electron chi connectivity index (χ3n) is 1.80. The van der Waals surface area contributed by atoms with E-state index in [0.717, 1.165) is 6.42 Å². The van der Waals surface area contributed by atoms with Crippen LogP contribution in [0.25, 0.3) is 0 Å². The zero-order chi connectivity index (χ0) is 8.97. The molecule has 1 aliphatic carbocycles. The van der Waals surface area contributed by atoms with Crippen LogP contribution in [-0.2, 0) is 0 Å². The fraction of sp³-hybridized carbons (Fsp3) is 0.333. The number of nitro groups is 1. The molecule has 0 aliphatic heterocycles. The van der Waals surface area contributed by atoms with Gasteiger partial charge >= 0.3 is 0 Å². The average molecular weight is 165 g/mol. The van der Waals surface area contributed by atoms with Gasteiger partial charge in [0.15, 0.2) is 0 Å². The molecule has 1 atom stereocenters. The van der Waals surface area contributed by atoms with E-state index in [-0.39, 0.29) is 16.5 Å². The Balaban J connectivity index is 2.86. The van der Waals surface area contributed by atoms with E-state index in [2.05, 4.69) is 0 Å². The lowest BCUT2D eigenvalue weighted by Gasteiger charge is -1.99. The van der Waals surface area contributed by atoms with E-state index < -0.39 is 0 Å². The maximum atomic E-state index is 10.4. The molecule has 1 aliphatic rings. The minimum absolute atomic E-state index is 0.187. The first kappa shape index (κ1) is 8.71. The fourth-order valence-corrected chi connectivity index (χ4v) is 1.07. The van der Waals surface area contributed by atoms with Crippen molar-refractivity contribution in [3.8, 4) is 0 Å². The third-order valence-corrected chi connectivity index (χ3v) is 1.80. The average Bonchev–Trinajstić information content (AvgIpc) is 2.28. The van der Waals surface area contributed by atoms with E-state index in [0.29, 0.717) is 0 Å². The van der Waals surface area contributed by atoms with Crippen molar-refractivity contribution >= 4 is 0 Å². The highest BCUT2D eigenvalue weighted by Gasteiger charge is 2.10. The van der Waals surface area contributed by atoms with E-state index in [1.54, 1.807) is 12.2 Å². The topological polar surface area (TPSA) is 43.1 Å². The van der Waals surface area contributed by atoms with Gasteiger partial charge in [-0.3, -0.25) is 10.1 Å². The highest BCUT2D eigenvalue weighted by atomic mass is 16.6. The minimum Gasteiger partial charge on any atom is -0.258 e. The van der Waals surface area contributed by atoms with Gasteiger partial charge in [-0.15, -0.1) is 0 Å².